The Morgan fingerprint density at radius 3 is 2.60 bits per heavy atom. The van der Waals surface area contributed by atoms with E-state index in [2.05, 4.69) is 49.3 Å². The minimum absolute atomic E-state index is 0.164. The molecule has 25 heavy (non-hydrogen) atoms. The van der Waals surface area contributed by atoms with Crippen molar-refractivity contribution in [2.75, 3.05) is 16.8 Å². The predicted molar refractivity (Wildman–Crippen MR) is 103 cm³/mol. The average Bonchev–Trinajstić information content (AvgIpc) is 3.08. The van der Waals surface area contributed by atoms with E-state index in [1.165, 1.54) is 11.3 Å². The van der Waals surface area contributed by atoms with Gasteiger partial charge in [0.15, 0.2) is 0 Å². The summed E-state index contributed by atoms with van der Waals surface area (Å²) in [5.74, 6) is 0.702. The SMILES string of the molecule is O=C(Nc1ccc(Br)cc1)c1ccc(N2CCc3ccccc32)nc1. The van der Waals surface area contributed by atoms with Gasteiger partial charge >= 0.3 is 0 Å². The summed E-state index contributed by atoms with van der Waals surface area (Å²) in [4.78, 5) is 19.0. The molecule has 0 bridgehead atoms. The number of hydrogen-bond acceptors (Lipinski definition) is 3. The fraction of sp³-hybridized carbons (Fsp3) is 0.100. The van der Waals surface area contributed by atoms with Gasteiger partial charge in [0.1, 0.15) is 5.82 Å². The van der Waals surface area contributed by atoms with E-state index < -0.39 is 0 Å². The lowest BCUT2D eigenvalue weighted by molar-refractivity contribution is 0.102. The highest BCUT2D eigenvalue weighted by Gasteiger charge is 2.20. The van der Waals surface area contributed by atoms with Gasteiger partial charge in [-0.2, -0.15) is 0 Å². The summed E-state index contributed by atoms with van der Waals surface area (Å²) in [6.45, 7) is 0.913. The number of nitrogens with one attached hydrogen (secondary N) is 1. The van der Waals surface area contributed by atoms with Gasteiger partial charge in [-0.25, -0.2) is 4.98 Å². The lowest BCUT2D eigenvalue weighted by atomic mass is 10.2. The van der Waals surface area contributed by atoms with Crippen LogP contribution < -0.4 is 10.2 Å². The van der Waals surface area contributed by atoms with E-state index in [1.807, 2.05) is 42.5 Å². The molecule has 1 amide bonds. The van der Waals surface area contributed by atoms with Gasteiger partial charge < -0.3 is 10.2 Å². The number of rotatable bonds is 3. The first-order valence-electron chi connectivity index (χ1n) is 8.09. The van der Waals surface area contributed by atoms with E-state index in [4.69, 9.17) is 0 Å². The molecule has 0 atom stereocenters. The molecule has 2 aromatic carbocycles. The highest BCUT2D eigenvalue weighted by atomic mass is 79.9. The number of hydrogen-bond donors (Lipinski definition) is 1. The lowest BCUT2D eigenvalue weighted by Crippen LogP contribution is -2.16. The molecular weight excluding hydrogens is 378 g/mol. The van der Waals surface area contributed by atoms with Crippen molar-refractivity contribution in [3.05, 3.63) is 82.5 Å². The van der Waals surface area contributed by atoms with Gasteiger partial charge in [-0.05, 0) is 54.4 Å². The summed E-state index contributed by atoms with van der Waals surface area (Å²) in [7, 11) is 0. The summed E-state index contributed by atoms with van der Waals surface area (Å²) < 4.78 is 0.974. The van der Waals surface area contributed by atoms with E-state index in [9.17, 15) is 4.79 Å². The molecule has 0 saturated carbocycles. The van der Waals surface area contributed by atoms with Crippen molar-refractivity contribution < 1.29 is 4.79 Å². The molecule has 5 heteroatoms. The maximum atomic E-state index is 12.4. The van der Waals surface area contributed by atoms with Crippen LogP contribution in [-0.4, -0.2) is 17.4 Å². The fourth-order valence-electron chi connectivity index (χ4n) is 2.99. The van der Waals surface area contributed by atoms with Crippen LogP contribution in [0.1, 0.15) is 15.9 Å². The van der Waals surface area contributed by atoms with Gasteiger partial charge in [-0.1, -0.05) is 34.1 Å². The van der Waals surface area contributed by atoms with Gasteiger partial charge in [-0.3, -0.25) is 4.79 Å². The number of pyridine rings is 1. The van der Waals surface area contributed by atoms with Crippen LogP contribution in [0.3, 0.4) is 0 Å². The Balaban J connectivity index is 1.50. The number of para-hydroxylation sites is 1. The first-order chi connectivity index (χ1) is 12.2. The number of carbonyl (C=O) groups excluding carboxylic acids is 1. The van der Waals surface area contributed by atoms with E-state index in [-0.39, 0.29) is 5.91 Å². The Morgan fingerprint density at radius 1 is 1.04 bits per heavy atom. The normalized spacial score (nSPS) is 12.8. The number of carbonyl (C=O) groups is 1. The molecule has 0 radical (unpaired) electrons. The third-order valence-corrected chi connectivity index (χ3v) is 4.80. The number of aromatic nitrogens is 1. The number of halogens is 1. The summed E-state index contributed by atoms with van der Waals surface area (Å²) in [5.41, 5.74) is 3.83. The molecule has 0 aliphatic carbocycles. The molecular formula is C20H16BrN3O. The van der Waals surface area contributed by atoms with Crippen LogP contribution in [0.2, 0.25) is 0 Å². The van der Waals surface area contributed by atoms with Gasteiger partial charge in [0.25, 0.3) is 5.91 Å². The molecule has 1 aliphatic heterocycles. The first kappa shape index (κ1) is 15.8. The monoisotopic (exact) mass is 393 g/mol. The van der Waals surface area contributed by atoms with Crippen molar-refractivity contribution in [3.8, 4) is 0 Å². The number of nitrogens with zero attached hydrogens (tertiary/aromatic N) is 2. The number of amides is 1. The Labute approximate surface area is 154 Å². The summed E-state index contributed by atoms with van der Waals surface area (Å²) in [6.07, 6.45) is 2.65. The van der Waals surface area contributed by atoms with Gasteiger partial charge in [0.2, 0.25) is 0 Å². The average molecular weight is 394 g/mol. The third kappa shape index (κ3) is 3.28. The minimum atomic E-state index is -0.164. The van der Waals surface area contributed by atoms with E-state index in [0.717, 1.165) is 28.9 Å². The molecule has 124 valence electrons. The second-order valence-corrected chi connectivity index (χ2v) is 6.81. The molecule has 1 N–H and O–H groups in total. The molecule has 3 aromatic rings. The molecule has 1 aliphatic rings. The highest BCUT2D eigenvalue weighted by molar-refractivity contribution is 9.10. The Kier molecular flexibility index (Phi) is 4.24. The van der Waals surface area contributed by atoms with Crippen molar-refractivity contribution in [1.29, 1.82) is 0 Å². The Bertz CT molecular complexity index is 907. The zero-order valence-corrected chi connectivity index (χ0v) is 15.0. The molecule has 0 unspecified atom stereocenters. The molecule has 2 heterocycles. The summed E-state index contributed by atoms with van der Waals surface area (Å²) >= 11 is 3.38. The maximum Gasteiger partial charge on any atom is 0.257 e. The Hall–Kier alpha value is -2.66. The van der Waals surface area contributed by atoms with Crippen molar-refractivity contribution in [3.63, 3.8) is 0 Å². The lowest BCUT2D eigenvalue weighted by Gasteiger charge is -2.18. The predicted octanol–water partition coefficient (Wildman–Crippen LogP) is 4.79. The minimum Gasteiger partial charge on any atom is -0.326 e. The van der Waals surface area contributed by atoms with Crippen molar-refractivity contribution in [2.24, 2.45) is 0 Å². The van der Waals surface area contributed by atoms with Crippen LogP contribution in [0.25, 0.3) is 0 Å². The van der Waals surface area contributed by atoms with Gasteiger partial charge in [-0.15, -0.1) is 0 Å². The van der Waals surface area contributed by atoms with Crippen LogP contribution in [0.5, 0.6) is 0 Å². The zero-order valence-electron chi connectivity index (χ0n) is 13.4. The number of fused-ring (bicyclic) bond motifs is 1. The molecule has 0 saturated heterocycles. The summed E-state index contributed by atoms with van der Waals surface area (Å²) in [5, 5.41) is 2.88. The van der Waals surface area contributed by atoms with Crippen molar-refractivity contribution in [1.82, 2.24) is 4.98 Å². The topological polar surface area (TPSA) is 45.2 Å². The third-order valence-electron chi connectivity index (χ3n) is 4.28. The van der Waals surface area contributed by atoms with Crippen molar-refractivity contribution >= 4 is 39.0 Å². The van der Waals surface area contributed by atoms with E-state index in [0.29, 0.717) is 5.56 Å². The standard InChI is InChI=1S/C20H16BrN3O/c21-16-6-8-17(9-7-16)23-20(25)15-5-10-19(22-13-15)24-12-11-14-3-1-2-4-18(14)24/h1-10,13H,11-12H2,(H,23,25). The highest BCUT2D eigenvalue weighted by Crippen LogP contribution is 2.33. The second-order valence-electron chi connectivity index (χ2n) is 5.90. The van der Waals surface area contributed by atoms with Crippen LogP contribution in [0, 0.1) is 0 Å². The molecule has 0 fully saturated rings. The van der Waals surface area contributed by atoms with Crippen LogP contribution in [0.4, 0.5) is 17.2 Å². The molecule has 4 nitrogen and oxygen atoms in total. The first-order valence-corrected chi connectivity index (χ1v) is 8.88. The molecule has 1 aromatic heterocycles. The zero-order chi connectivity index (χ0) is 17.2. The summed E-state index contributed by atoms with van der Waals surface area (Å²) in [6, 6.07) is 19.6. The number of anilines is 3. The number of benzene rings is 2. The second kappa shape index (κ2) is 6.69. The smallest absolute Gasteiger partial charge is 0.257 e. The van der Waals surface area contributed by atoms with Gasteiger partial charge in [0.05, 0.1) is 5.56 Å². The van der Waals surface area contributed by atoms with Crippen LogP contribution >= 0.6 is 15.9 Å². The van der Waals surface area contributed by atoms with E-state index >= 15 is 0 Å². The Morgan fingerprint density at radius 2 is 1.84 bits per heavy atom. The van der Waals surface area contributed by atoms with Gasteiger partial charge in [0, 0.05) is 28.6 Å². The van der Waals surface area contributed by atoms with Crippen molar-refractivity contribution in [2.45, 2.75) is 6.42 Å². The molecule has 0 spiro atoms. The fourth-order valence-corrected chi connectivity index (χ4v) is 3.26. The largest absolute Gasteiger partial charge is 0.326 e. The van der Waals surface area contributed by atoms with Crippen LogP contribution in [0.15, 0.2) is 71.3 Å². The van der Waals surface area contributed by atoms with E-state index in [1.54, 1.807) is 6.20 Å². The maximum absolute atomic E-state index is 12.4. The van der Waals surface area contributed by atoms with Crippen LogP contribution in [-0.2, 0) is 6.42 Å². The molecule has 4 rings (SSSR count). The quantitative estimate of drug-likeness (QED) is 0.695.